The van der Waals surface area contributed by atoms with Crippen molar-refractivity contribution in [3.63, 3.8) is 0 Å². The van der Waals surface area contributed by atoms with Crippen LogP contribution in [0.3, 0.4) is 0 Å². The van der Waals surface area contributed by atoms with Gasteiger partial charge in [0.25, 0.3) is 0 Å². The van der Waals surface area contributed by atoms with Gasteiger partial charge in [0, 0.05) is 0 Å². The van der Waals surface area contributed by atoms with Crippen LogP contribution in [-0.2, 0) is 7.05 Å². The van der Waals surface area contributed by atoms with Gasteiger partial charge >= 0.3 is 5.82 Å². The lowest BCUT2D eigenvalue weighted by Crippen LogP contribution is -1.98. The molecular formula is C8H7ClN4O3. The maximum atomic E-state index is 10.7. The fraction of sp³-hybridized carbons (Fsp3) is 0.250. The molecule has 0 fully saturated rings. The lowest BCUT2D eigenvalue weighted by atomic mass is 10.4. The largest absolute Gasteiger partial charge is 0.480 e. The first kappa shape index (κ1) is 10.6. The van der Waals surface area contributed by atoms with E-state index in [1.165, 1.54) is 24.8 Å². The second-order valence-electron chi connectivity index (χ2n) is 3.06. The van der Waals surface area contributed by atoms with E-state index in [1.807, 2.05) is 0 Å². The van der Waals surface area contributed by atoms with E-state index in [1.54, 1.807) is 0 Å². The lowest BCUT2D eigenvalue weighted by molar-refractivity contribution is -0.391. The van der Waals surface area contributed by atoms with Crippen LogP contribution in [-0.4, -0.2) is 26.6 Å². The van der Waals surface area contributed by atoms with Crippen LogP contribution >= 0.6 is 11.6 Å². The second-order valence-corrected chi connectivity index (χ2v) is 3.40. The van der Waals surface area contributed by atoms with E-state index < -0.39 is 4.92 Å². The third kappa shape index (κ3) is 1.45. The molecule has 84 valence electrons. The van der Waals surface area contributed by atoms with Gasteiger partial charge in [0.2, 0.25) is 16.8 Å². The Hall–Kier alpha value is -1.89. The number of aryl methyl sites for hydroxylation is 1. The minimum absolute atomic E-state index is 0.0135. The van der Waals surface area contributed by atoms with E-state index in [9.17, 15) is 10.1 Å². The quantitative estimate of drug-likeness (QED) is 0.453. The first-order valence-corrected chi connectivity index (χ1v) is 4.63. The molecule has 0 saturated carbocycles. The van der Waals surface area contributed by atoms with Crippen LogP contribution < -0.4 is 4.74 Å². The summed E-state index contributed by atoms with van der Waals surface area (Å²) in [5, 5.41) is 11.2. The van der Waals surface area contributed by atoms with E-state index in [0.717, 1.165) is 0 Å². The van der Waals surface area contributed by atoms with E-state index in [-0.39, 0.29) is 17.0 Å². The molecule has 16 heavy (non-hydrogen) atoms. The first-order valence-electron chi connectivity index (χ1n) is 4.26. The normalized spacial score (nSPS) is 10.7. The number of fused-ring (bicyclic) bond motifs is 1. The average Bonchev–Trinajstić information content (AvgIpc) is 2.55. The molecule has 0 N–H and O–H groups in total. The van der Waals surface area contributed by atoms with Crippen molar-refractivity contribution in [3.05, 3.63) is 21.5 Å². The van der Waals surface area contributed by atoms with E-state index in [0.29, 0.717) is 11.0 Å². The van der Waals surface area contributed by atoms with Gasteiger partial charge in [-0.15, -0.1) is 0 Å². The van der Waals surface area contributed by atoms with Crippen molar-refractivity contribution >= 4 is 28.5 Å². The molecule has 0 aliphatic rings. The van der Waals surface area contributed by atoms with Gasteiger partial charge in [-0.1, -0.05) is 0 Å². The highest BCUT2D eigenvalue weighted by Crippen LogP contribution is 2.29. The van der Waals surface area contributed by atoms with E-state index in [2.05, 4.69) is 9.97 Å². The standard InChI is InChI=1S/C8H7ClN4O3/c1-12-5(13(14)15)3-4-6(12)10-8(9)11-7(4)16-2/h3H,1-2H3. The molecule has 0 atom stereocenters. The number of nitro groups is 1. The van der Waals surface area contributed by atoms with E-state index >= 15 is 0 Å². The minimum atomic E-state index is -0.505. The highest BCUT2D eigenvalue weighted by atomic mass is 35.5. The molecule has 2 aromatic heterocycles. The third-order valence-electron chi connectivity index (χ3n) is 2.18. The monoisotopic (exact) mass is 242 g/mol. The summed E-state index contributed by atoms with van der Waals surface area (Å²) in [5.41, 5.74) is 0.364. The molecule has 2 rings (SSSR count). The SMILES string of the molecule is COc1nc(Cl)nc2c1cc([N+](=O)[O-])n2C. The maximum absolute atomic E-state index is 10.7. The molecule has 0 saturated heterocycles. The molecule has 0 radical (unpaired) electrons. The van der Waals surface area contributed by atoms with Crippen LogP contribution in [0.1, 0.15) is 0 Å². The summed E-state index contributed by atoms with van der Waals surface area (Å²) in [6.07, 6.45) is 0. The number of methoxy groups -OCH3 is 1. The van der Waals surface area contributed by atoms with Gasteiger partial charge in [-0.25, -0.2) is 4.57 Å². The van der Waals surface area contributed by atoms with Gasteiger partial charge in [0.05, 0.1) is 20.2 Å². The highest BCUT2D eigenvalue weighted by molar-refractivity contribution is 6.28. The topological polar surface area (TPSA) is 83.1 Å². The van der Waals surface area contributed by atoms with Gasteiger partial charge in [-0.3, -0.25) is 0 Å². The maximum Gasteiger partial charge on any atom is 0.325 e. The molecule has 2 aromatic rings. The molecule has 0 amide bonds. The Morgan fingerprint density at radius 2 is 2.25 bits per heavy atom. The summed E-state index contributed by atoms with van der Waals surface area (Å²) in [6, 6.07) is 1.35. The summed E-state index contributed by atoms with van der Waals surface area (Å²) < 4.78 is 6.31. The molecular weight excluding hydrogens is 236 g/mol. The van der Waals surface area contributed by atoms with E-state index in [4.69, 9.17) is 16.3 Å². The Balaban J connectivity index is 2.85. The smallest absolute Gasteiger partial charge is 0.325 e. The second kappa shape index (κ2) is 3.60. The zero-order valence-electron chi connectivity index (χ0n) is 8.47. The Labute approximate surface area is 94.8 Å². The van der Waals surface area contributed by atoms with Gasteiger partial charge < -0.3 is 14.9 Å². The van der Waals surface area contributed by atoms with Crippen molar-refractivity contribution < 1.29 is 9.66 Å². The highest BCUT2D eigenvalue weighted by Gasteiger charge is 2.21. The Bertz CT molecular complexity index is 580. The van der Waals surface area contributed by atoms with Crippen molar-refractivity contribution in [2.45, 2.75) is 0 Å². The fourth-order valence-electron chi connectivity index (χ4n) is 1.46. The lowest BCUT2D eigenvalue weighted by Gasteiger charge is -1.98. The number of rotatable bonds is 2. The molecule has 0 aromatic carbocycles. The average molecular weight is 243 g/mol. The van der Waals surface area contributed by atoms with Crippen molar-refractivity contribution in [1.29, 1.82) is 0 Å². The zero-order chi connectivity index (χ0) is 11.9. The van der Waals surface area contributed by atoms with Crippen LogP contribution in [0.4, 0.5) is 5.82 Å². The number of hydrogen-bond acceptors (Lipinski definition) is 5. The minimum Gasteiger partial charge on any atom is -0.480 e. The third-order valence-corrected chi connectivity index (χ3v) is 2.35. The van der Waals surface area contributed by atoms with Crippen LogP contribution in [0, 0.1) is 10.1 Å². The summed E-state index contributed by atoms with van der Waals surface area (Å²) in [6.45, 7) is 0. The summed E-state index contributed by atoms with van der Waals surface area (Å²) >= 11 is 5.68. The van der Waals surface area contributed by atoms with Crippen LogP contribution in [0.5, 0.6) is 5.88 Å². The molecule has 0 spiro atoms. The predicted octanol–water partition coefficient (Wildman–Crippen LogP) is 1.54. The summed E-state index contributed by atoms with van der Waals surface area (Å²) in [4.78, 5) is 18.0. The summed E-state index contributed by atoms with van der Waals surface area (Å²) in [5.74, 6) is 0.128. The Kier molecular flexibility index (Phi) is 2.39. The van der Waals surface area contributed by atoms with Crippen LogP contribution in [0.25, 0.3) is 11.0 Å². The fourth-order valence-corrected chi connectivity index (χ4v) is 1.62. The number of hydrogen-bond donors (Lipinski definition) is 0. The molecule has 0 aliphatic carbocycles. The van der Waals surface area contributed by atoms with Crippen molar-refractivity contribution in [3.8, 4) is 5.88 Å². The van der Waals surface area contributed by atoms with Crippen LogP contribution in [0.2, 0.25) is 5.28 Å². The zero-order valence-corrected chi connectivity index (χ0v) is 9.22. The number of nitrogens with zero attached hydrogens (tertiary/aromatic N) is 4. The van der Waals surface area contributed by atoms with Gasteiger partial charge in [-0.05, 0) is 16.5 Å². The molecule has 0 bridgehead atoms. The number of ether oxygens (including phenoxy) is 1. The van der Waals surface area contributed by atoms with Crippen LogP contribution in [0.15, 0.2) is 6.07 Å². The molecule has 0 aliphatic heterocycles. The molecule has 7 nitrogen and oxygen atoms in total. The Morgan fingerprint density at radius 1 is 1.56 bits per heavy atom. The molecule has 8 heteroatoms. The van der Waals surface area contributed by atoms with Gasteiger partial charge in [-0.2, -0.15) is 9.97 Å². The molecule has 0 unspecified atom stereocenters. The Morgan fingerprint density at radius 3 is 2.81 bits per heavy atom. The van der Waals surface area contributed by atoms with Gasteiger partial charge in [0.15, 0.2) is 0 Å². The molecule has 2 heterocycles. The predicted molar refractivity (Wildman–Crippen MR) is 56.7 cm³/mol. The van der Waals surface area contributed by atoms with Crippen molar-refractivity contribution in [2.75, 3.05) is 7.11 Å². The number of aromatic nitrogens is 3. The number of halogens is 1. The van der Waals surface area contributed by atoms with Crippen molar-refractivity contribution in [1.82, 2.24) is 14.5 Å². The van der Waals surface area contributed by atoms with Gasteiger partial charge in [0.1, 0.15) is 5.39 Å². The first-order chi connectivity index (χ1) is 7.54. The summed E-state index contributed by atoms with van der Waals surface area (Å²) in [7, 11) is 2.94. The van der Waals surface area contributed by atoms with Crippen molar-refractivity contribution in [2.24, 2.45) is 7.05 Å².